The summed E-state index contributed by atoms with van der Waals surface area (Å²) in [6, 6.07) is 3.01. The Kier molecular flexibility index (Phi) is 3.40. The second kappa shape index (κ2) is 4.57. The molecule has 0 aliphatic heterocycles. The SMILES string of the molecule is CC[C@@H](N)C(=O)Nc1ccncc1. The molecule has 1 aromatic rings. The van der Waals surface area contributed by atoms with E-state index in [9.17, 15) is 4.79 Å². The van der Waals surface area contributed by atoms with Gasteiger partial charge in [0.15, 0.2) is 0 Å². The van der Waals surface area contributed by atoms with E-state index in [0.29, 0.717) is 6.42 Å². The molecule has 3 N–H and O–H groups in total. The fourth-order valence-electron chi connectivity index (χ4n) is 0.856. The van der Waals surface area contributed by atoms with Gasteiger partial charge >= 0.3 is 0 Å². The van der Waals surface area contributed by atoms with Gasteiger partial charge in [-0.1, -0.05) is 6.92 Å². The van der Waals surface area contributed by atoms with E-state index in [1.54, 1.807) is 24.5 Å². The van der Waals surface area contributed by atoms with E-state index in [1.165, 1.54) is 0 Å². The molecule has 0 spiro atoms. The molecule has 0 fully saturated rings. The molecule has 1 rings (SSSR count). The van der Waals surface area contributed by atoms with Crippen LogP contribution < -0.4 is 11.1 Å². The normalized spacial score (nSPS) is 12.2. The summed E-state index contributed by atoms with van der Waals surface area (Å²) in [4.78, 5) is 15.1. The van der Waals surface area contributed by atoms with Gasteiger partial charge in [0.1, 0.15) is 0 Å². The molecule has 70 valence electrons. The standard InChI is InChI=1S/C9H13N3O/c1-2-8(10)9(13)12-7-3-5-11-6-4-7/h3-6,8H,2,10H2,1H3,(H,11,12,13)/t8-/m1/s1. The van der Waals surface area contributed by atoms with Gasteiger partial charge in [-0.15, -0.1) is 0 Å². The maximum absolute atomic E-state index is 11.3. The minimum Gasteiger partial charge on any atom is -0.325 e. The third kappa shape index (κ3) is 2.83. The molecule has 0 saturated heterocycles. The number of nitrogens with two attached hydrogens (primary N) is 1. The summed E-state index contributed by atoms with van der Waals surface area (Å²) < 4.78 is 0. The fraction of sp³-hybridized carbons (Fsp3) is 0.333. The average molecular weight is 179 g/mol. The van der Waals surface area contributed by atoms with E-state index >= 15 is 0 Å². The van der Waals surface area contributed by atoms with Crippen molar-refractivity contribution in [2.24, 2.45) is 5.73 Å². The second-order valence-electron chi connectivity index (χ2n) is 2.74. The predicted molar refractivity (Wildman–Crippen MR) is 51.1 cm³/mol. The van der Waals surface area contributed by atoms with Crippen LogP contribution in [0.1, 0.15) is 13.3 Å². The highest BCUT2D eigenvalue weighted by Gasteiger charge is 2.09. The topological polar surface area (TPSA) is 68.0 Å². The summed E-state index contributed by atoms with van der Waals surface area (Å²) >= 11 is 0. The molecular weight excluding hydrogens is 166 g/mol. The maximum atomic E-state index is 11.3. The summed E-state index contributed by atoms with van der Waals surface area (Å²) in [5, 5.41) is 2.69. The predicted octanol–water partition coefficient (Wildman–Crippen LogP) is 0.757. The Hall–Kier alpha value is -1.42. The number of amides is 1. The van der Waals surface area contributed by atoms with Gasteiger partial charge in [-0.2, -0.15) is 0 Å². The van der Waals surface area contributed by atoms with Crippen LogP contribution >= 0.6 is 0 Å². The Labute approximate surface area is 77.2 Å². The van der Waals surface area contributed by atoms with Gasteiger partial charge in [0, 0.05) is 18.1 Å². The quantitative estimate of drug-likeness (QED) is 0.719. The Morgan fingerprint density at radius 1 is 1.62 bits per heavy atom. The zero-order valence-electron chi connectivity index (χ0n) is 7.53. The van der Waals surface area contributed by atoms with E-state index in [0.717, 1.165) is 5.69 Å². The number of hydrogen-bond donors (Lipinski definition) is 2. The van der Waals surface area contributed by atoms with Crippen molar-refractivity contribution in [3.05, 3.63) is 24.5 Å². The van der Waals surface area contributed by atoms with Crippen LogP contribution in [-0.2, 0) is 4.79 Å². The number of anilines is 1. The van der Waals surface area contributed by atoms with Crippen LogP contribution in [0, 0.1) is 0 Å². The zero-order valence-corrected chi connectivity index (χ0v) is 7.53. The number of carbonyl (C=O) groups is 1. The summed E-state index contributed by atoms with van der Waals surface area (Å²) in [7, 11) is 0. The van der Waals surface area contributed by atoms with Crippen LogP contribution in [0.5, 0.6) is 0 Å². The molecule has 1 amide bonds. The summed E-state index contributed by atoms with van der Waals surface area (Å²) in [5.41, 5.74) is 6.26. The van der Waals surface area contributed by atoms with Crippen molar-refractivity contribution in [1.29, 1.82) is 0 Å². The minimum absolute atomic E-state index is 0.159. The summed E-state index contributed by atoms with van der Waals surface area (Å²) in [6.07, 6.45) is 3.87. The zero-order chi connectivity index (χ0) is 9.68. The first-order valence-electron chi connectivity index (χ1n) is 4.20. The lowest BCUT2D eigenvalue weighted by Crippen LogP contribution is -2.34. The largest absolute Gasteiger partial charge is 0.325 e. The van der Waals surface area contributed by atoms with Gasteiger partial charge in [0.05, 0.1) is 6.04 Å². The summed E-state index contributed by atoms with van der Waals surface area (Å²) in [5.74, 6) is -0.159. The molecule has 0 unspecified atom stereocenters. The number of nitrogens with one attached hydrogen (secondary N) is 1. The molecule has 0 aromatic carbocycles. The van der Waals surface area contributed by atoms with Gasteiger partial charge < -0.3 is 11.1 Å². The maximum Gasteiger partial charge on any atom is 0.241 e. The molecule has 1 heterocycles. The number of pyridine rings is 1. The van der Waals surface area contributed by atoms with Crippen molar-refractivity contribution in [3.8, 4) is 0 Å². The van der Waals surface area contributed by atoms with Crippen molar-refractivity contribution < 1.29 is 4.79 Å². The number of rotatable bonds is 3. The van der Waals surface area contributed by atoms with Crippen molar-refractivity contribution in [3.63, 3.8) is 0 Å². The van der Waals surface area contributed by atoms with Crippen LogP contribution in [0.3, 0.4) is 0 Å². The Balaban J connectivity index is 2.55. The highest BCUT2D eigenvalue weighted by Crippen LogP contribution is 2.03. The van der Waals surface area contributed by atoms with Crippen LogP contribution in [0.2, 0.25) is 0 Å². The van der Waals surface area contributed by atoms with Gasteiger partial charge in [0.2, 0.25) is 5.91 Å². The first-order chi connectivity index (χ1) is 6.24. The Bertz CT molecular complexity index is 273. The van der Waals surface area contributed by atoms with E-state index in [-0.39, 0.29) is 5.91 Å². The fourth-order valence-corrected chi connectivity index (χ4v) is 0.856. The lowest BCUT2D eigenvalue weighted by molar-refractivity contribution is -0.117. The molecule has 0 aliphatic carbocycles. The molecule has 0 aliphatic rings. The lowest BCUT2D eigenvalue weighted by Gasteiger charge is -2.09. The number of hydrogen-bond acceptors (Lipinski definition) is 3. The molecule has 13 heavy (non-hydrogen) atoms. The van der Waals surface area contributed by atoms with E-state index in [1.807, 2.05) is 6.92 Å². The Morgan fingerprint density at radius 2 is 2.23 bits per heavy atom. The minimum atomic E-state index is -0.437. The molecule has 0 saturated carbocycles. The van der Waals surface area contributed by atoms with E-state index in [4.69, 9.17) is 5.73 Å². The lowest BCUT2D eigenvalue weighted by atomic mass is 10.2. The van der Waals surface area contributed by atoms with Gasteiger partial charge in [0.25, 0.3) is 0 Å². The molecule has 0 bridgehead atoms. The van der Waals surface area contributed by atoms with E-state index in [2.05, 4.69) is 10.3 Å². The van der Waals surface area contributed by atoms with Crippen molar-refractivity contribution in [2.45, 2.75) is 19.4 Å². The first kappa shape index (κ1) is 9.67. The number of nitrogens with zero attached hydrogens (tertiary/aromatic N) is 1. The second-order valence-corrected chi connectivity index (χ2v) is 2.74. The average Bonchev–Trinajstić information content (AvgIpc) is 2.18. The monoisotopic (exact) mass is 179 g/mol. The Morgan fingerprint density at radius 3 is 2.77 bits per heavy atom. The van der Waals surface area contributed by atoms with Gasteiger partial charge in [-0.25, -0.2) is 0 Å². The third-order valence-corrected chi connectivity index (χ3v) is 1.72. The first-order valence-corrected chi connectivity index (χ1v) is 4.20. The van der Waals surface area contributed by atoms with Gasteiger partial charge in [-0.3, -0.25) is 9.78 Å². The van der Waals surface area contributed by atoms with Crippen molar-refractivity contribution >= 4 is 11.6 Å². The van der Waals surface area contributed by atoms with Gasteiger partial charge in [-0.05, 0) is 18.6 Å². The molecule has 4 nitrogen and oxygen atoms in total. The smallest absolute Gasteiger partial charge is 0.241 e. The van der Waals surface area contributed by atoms with E-state index < -0.39 is 6.04 Å². The third-order valence-electron chi connectivity index (χ3n) is 1.72. The van der Waals surface area contributed by atoms with Crippen molar-refractivity contribution in [1.82, 2.24) is 4.98 Å². The highest BCUT2D eigenvalue weighted by atomic mass is 16.2. The van der Waals surface area contributed by atoms with Crippen LogP contribution in [0.15, 0.2) is 24.5 Å². The molecule has 1 aromatic heterocycles. The molecular formula is C9H13N3O. The summed E-state index contributed by atoms with van der Waals surface area (Å²) in [6.45, 7) is 1.87. The van der Waals surface area contributed by atoms with Crippen LogP contribution in [0.25, 0.3) is 0 Å². The highest BCUT2D eigenvalue weighted by molar-refractivity contribution is 5.94. The van der Waals surface area contributed by atoms with Crippen molar-refractivity contribution in [2.75, 3.05) is 5.32 Å². The molecule has 4 heteroatoms. The molecule has 0 radical (unpaired) electrons. The number of carbonyl (C=O) groups excluding carboxylic acids is 1. The number of aromatic nitrogens is 1. The molecule has 1 atom stereocenters. The van der Waals surface area contributed by atoms with Crippen LogP contribution in [-0.4, -0.2) is 16.9 Å². The van der Waals surface area contributed by atoms with Crippen LogP contribution in [0.4, 0.5) is 5.69 Å².